The Bertz CT molecular complexity index is 737. The molecule has 0 spiro atoms. The molecule has 1 amide bonds. The lowest BCUT2D eigenvalue weighted by atomic mass is 10.1. The van der Waals surface area contributed by atoms with Gasteiger partial charge in [0.1, 0.15) is 5.75 Å². The molecular weight excluding hydrogens is 310 g/mol. The number of hydrogen-bond acceptors (Lipinski definition) is 5. The molecule has 5 nitrogen and oxygen atoms in total. The zero-order chi connectivity index (χ0) is 17.0. The Morgan fingerprint density at radius 2 is 2.13 bits per heavy atom. The van der Waals surface area contributed by atoms with Crippen molar-refractivity contribution in [2.75, 3.05) is 14.2 Å². The van der Waals surface area contributed by atoms with Gasteiger partial charge in [-0.3, -0.25) is 9.78 Å². The van der Waals surface area contributed by atoms with E-state index < -0.39 is 0 Å². The molecule has 0 atom stereocenters. The minimum Gasteiger partial charge on any atom is -0.496 e. The number of carbonyl (C=O) groups is 1. The molecule has 2 aromatic rings. The highest BCUT2D eigenvalue weighted by molar-refractivity contribution is 7.09. The maximum atomic E-state index is 12.2. The van der Waals surface area contributed by atoms with Gasteiger partial charge >= 0.3 is 0 Å². The van der Waals surface area contributed by atoms with E-state index in [2.05, 4.69) is 9.97 Å². The van der Waals surface area contributed by atoms with Crippen LogP contribution < -0.4 is 4.74 Å². The number of hydrogen-bond donors (Lipinski definition) is 0. The second kappa shape index (κ2) is 7.37. The van der Waals surface area contributed by atoms with Crippen LogP contribution >= 0.6 is 11.3 Å². The van der Waals surface area contributed by atoms with Crippen molar-refractivity contribution in [2.24, 2.45) is 0 Å². The van der Waals surface area contributed by atoms with Crippen LogP contribution in [0.4, 0.5) is 0 Å². The van der Waals surface area contributed by atoms with Crippen molar-refractivity contribution in [3.8, 4) is 5.75 Å². The third kappa shape index (κ3) is 4.16. The first-order valence-corrected chi connectivity index (χ1v) is 8.14. The van der Waals surface area contributed by atoms with Crippen LogP contribution in [0.1, 0.15) is 27.5 Å². The van der Waals surface area contributed by atoms with Crippen molar-refractivity contribution in [1.29, 1.82) is 0 Å². The van der Waals surface area contributed by atoms with Gasteiger partial charge in [-0.15, -0.1) is 11.3 Å². The molecular formula is C17H21N3O2S. The molecule has 6 heteroatoms. The van der Waals surface area contributed by atoms with Crippen LogP contribution in [0.2, 0.25) is 0 Å². The molecule has 0 saturated heterocycles. The smallest absolute Gasteiger partial charge is 0.246 e. The van der Waals surface area contributed by atoms with E-state index in [1.165, 1.54) is 6.08 Å². The molecule has 0 fully saturated rings. The maximum Gasteiger partial charge on any atom is 0.246 e. The first-order valence-electron chi connectivity index (χ1n) is 7.26. The summed E-state index contributed by atoms with van der Waals surface area (Å²) in [5.41, 5.74) is 3.59. The highest BCUT2D eigenvalue weighted by atomic mass is 32.1. The Balaban J connectivity index is 2.08. The molecule has 2 rings (SSSR count). The number of thiazole rings is 1. The van der Waals surface area contributed by atoms with E-state index in [4.69, 9.17) is 4.74 Å². The first-order chi connectivity index (χ1) is 10.9. The van der Waals surface area contributed by atoms with Crippen molar-refractivity contribution in [3.63, 3.8) is 0 Å². The molecule has 0 bridgehead atoms. The van der Waals surface area contributed by atoms with Crippen molar-refractivity contribution in [2.45, 2.75) is 27.3 Å². The van der Waals surface area contributed by atoms with E-state index in [1.807, 2.05) is 26.2 Å². The number of aromatic nitrogens is 2. The van der Waals surface area contributed by atoms with Gasteiger partial charge in [0.15, 0.2) is 0 Å². The number of rotatable bonds is 5. The summed E-state index contributed by atoms with van der Waals surface area (Å²) < 4.78 is 5.40. The van der Waals surface area contributed by atoms with E-state index in [9.17, 15) is 4.79 Å². The fourth-order valence-corrected chi connectivity index (χ4v) is 2.85. The lowest BCUT2D eigenvalue weighted by Gasteiger charge is -2.18. The third-order valence-electron chi connectivity index (χ3n) is 3.55. The lowest BCUT2D eigenvalue weighted by Crippen LogP contribution is -2.25. The Morgan fingerprint density at radius 1 is 1.39 bits per heavy atom. The normalized spacial score (nSPS) is 11.0. The Morgan fingerprint density at radius 3 is 2.74 bits per heavy atom. The predicted molar refractivity (Wildman–Crippen MR) is 92.6 cm³/mol. The van der Waals surface area contributed by atoms with Gasteiger partial charge in [-0.05, 0) is 26.8 Å². The fraction of sp³-hybridized carbons (Fsp3) is 0.353. The highest BCUT2D eigenvalue weighted by Crippen LogP contribution is 2.24. The van der Waals surface area contributed by atoms with Gasteiger partial charge in [0.05, 0.1) is 30.1 Å². The molecule has 122 valence electrons. The summed E-state index contributed by atoms with van der Waals surface area (Å²) in [5.74, 6) is 0.737. The van der Waals surface area contributed by atoms with E-state index in [1.54, 1.807) is 42.7 Å². The SMILES string of the molecule is COc1c(C)cnc(CN(C)C(=O)C=Cc2csc(C)n2)c1C. The number of likely N-dealkylation sites (N-methyl/N-ethyl adjacent to an activating group) is 1. The summed E-state index contributed by atoms with van der Waals surface area (Å²) in [6.45, 7) is 6.29. The van der Waals surface area contributed by atoms with Crippen molar-refractivity contribution in [3.05, 3.63) is 45.2 Å². The summed E-state index contributed by atoms with van der Waals surface area (Å²) in [6.07, 6.45) is 5.04. The van der Waals surface area contributed by atoms with Gasteiger partial charge < -0.3 is 9.64 Å². The highest BCUT2D eigenvalue weighted by Gasteiger charge is 2.13. The summed E-state index contributed by atoms with van der Waals surface area (Å²) in [6, 6.07) is 0. The topological polar surface area (TPSA) is 55.3 Å². The van der Waals surface area contributed by atoms with Gasteiger partial charge in [-0.1, -0.05) is 0 Å². The molecule has 0 unspecified atom stereocenters. The van der Waals surface area contributed by atoms with Crippen LogP contribution in [-0.4, -0.2) is 34.9 Å². The van der Waals surface area contributed by atoms with Crippen molar-refractivity contribution in [1.82, 2.24) is 14.9 Å². The molecule has 0 aliphatic rings. The lowest BCUT2D eigenvalue weighted by molar-refractivity contribution is -0.125. The Kier molecular flexibility index (Phi) is 5.50. The first kappa shape index (κ1) is 17.1. The van der Waals surface area contributed by atoms with Gasteiger partial charge in [0.25, 0.3) is 0 Å². The number of ether oxygens (including phenoxy) is 1. The number of amides is 1. The Labute approximate surface area is 140 Å². The minimum atomic E-state index is -0.0867. The summed E-state index contributed by atoms with van der Waals surface area (Å²) in [4.78, 5) is 22.6. The number of carbonyl (C=O) groups excluding carboxylic acids is 1. The van der Waals surface area contributed by atoms with Crippen LogP contribution in [0, 0.1) is 20.8 Å². The van der Waals surface area contributed by atoms with Gasteiger partial charge in [-0.25, -0.2) is 4.98 Å². The van der Waals surface area contributed by atoms with Crippen LogP contribution in [-0.2, 0) is 11.3 Å². The standard InChI is InChI=1S/C17H21N3O2S/c1-11-8-18-15(12(2)17(11)22-5)9-20(4)16(21)7-6-14-10-23-13(3)19-14/h6-8,10H,9H2,1-5H3. The average molecular weight is 331 g/mol. The van der Waals surface area contributed by atoms with Crippen molar-refractivity contribution < 1.29 is 9.53 Å². The largest absolute Gasteiger partial charge is 0.496 e. The monoisotopic (exact) mass is 331 g/mol. The van der Waals surface area contributed by atoms with Gasteiger partial charge in [0.2, 0.25) is 5.91 Å². The summed E-state index contributed by atoms with van der Waals surface area (Å²) >= 11 is 1.56. The Hall–Kier alpha value is -2.21. The summed E-state index contributed by atoms with van der Waals surface area (Å²) in [5, 5.41) is 2.91. The summed E-state index contributed by atoms with van der Waals surface area (Å²) in [7, 11) is 3.40. The molecule has 0 aliphatic heterocycles. The van der Waals surface area contributed by atoms with E-state index >= 15 is 0 Å². The van der Waals surface area contributed by atoms with Crippen LogP contribution in [0.3, 0.4) is 0 Å². The minimum absolute atomic E-state index is 0.0867. The van der Waals surface area contributed by atoms with Crippen LogP contribution in [0.15, 0.2) is 17.7 Å². The molecule has 2 aromatic heterocycles. The zero-order valence-corrected chi connectivity index (χ0v) is 14.9. The van der Waals surface area contributed by atoms with E-state index in [-0.39, 0.29) is 5.91 Å². The average Bonchev–Trinajstić information content (AvgIpc) is 2.93. The second-order valence-corrected chi connectivity index (χ2v) is 6.43. The van der Waals surface area contributed by atoms with Gasteiger partial charge in [0, 0.05) is 35.8 Å². The zero-order valence-electron chi connectivity index (χ0n) is 14.1. The number of nitrogens with zero attached hydrogens (tertiary/aromatic N) is 3. The van der Waals surface area contributed by atoms with E-state index in [0.717, 1.165) is 33.3 Å². The maximum absolute atomic E-state index is 12.2. The quantitative estimate of drug-likeness (QED) is 0.790. The second-order valence-electron chi connectivity index (χ2n) is 5.37. The van der Waals surface area contributed by atoms with E-state index in [0.29, 0.717) is 6.54 Å². The molecule has 0 aromatic carbocycles. The van der Waals surface area contributed by atoms with Crippen LogP contribution in [0.5, 0.6) is 5.75 Å². The fourth-order valence-electron chi connectivity index (χ4n) is 2.27. The predicted octanol–water partition coefficient (Wildman–Crippen LogP) is 3.14. The number of aryl methyl sites for hydroxylation is 2. The molecule has 0 aliphatic carbocycles. The van der Waals surface area contributed by atoms with Crippen LogP contribution in [0.25, 0.3) is 6.08 Å². The molecule has 2 heterocycles. The number of methoxy groups -OCH3 is 1. The molecule has 0 N–H and O–H groups in total. The molecule has 23 heavy (non-hydrogen) atoms. The molecule has 0 radical (unpaired) electrons. The van der Waals surface area contributed by atoms with Crippen molar-refractivity contribution >= 4 is 23.3 Å². The van der Waals surface area contributed by atoms with Gasteiger partial charge in [-0.2, -0.15) is 0 Å². The number of pyridine rings is 1. The third-order valence-corrected chi connectivity index (χ3v) is 4.34. The molecule has 0 saturated carbocycles.